The molecule has 0 aliphatic rings. The van der Waals surface area contributed by atoms with Crippen LogP contribution in [0.2, 0.25) is 0 Å². The molecule has 11 heteroatoms. The first-order valence-electron chi connectivity index (χ1n) is 6.75. The number of nitrogens with one attached hydrogen (secondary N) is 1. The van der Waals surface area contributed by atoms with E-state index in [0.717, 1.165) is 11.3 Å². The van der Waals surface area contributed by atoms with Gasteiger partial charge >= 0.3 is 23.8 Å². The molecule has 26 heavy (non-hydrogen) atoms. The highest BCUT2D eigenvalue weighted by molar-refractivity contribution is 9.10. The molecule has 0 bridgehead atoms. The highest BCUT2D eigenvalue weighted by Crippen LogP contribution is 2.45. The summed E-state index contributed by atoms with van der Waals surface area (Å²) in [6.07, 6.45) is 0. The van der Waals surface area contributed by atoms with Gasteiger partial charge in [-0.1, -0.05) is 12.1 Å². The molecule has 0 aliphatic carbocycles. The van der Waals surface area contributed by atoms with Crippen LogP contribution in [0.3, 0.4) is 0 Å². The number of anilines is 1. The van der Waals surface area contributed by atoms with E-state index >= 15 is 0 Å². The number of carboxylic acids is 3. The van der Waals surface area contributed by atoms with Crippen molar-refractivity contribution in [2.45, 2.75) is 0 Å². The Balaban J connectivity index is 2.34. The minimum absolute atomic E-state index is 0.0943. The van der Waals surface area contributed by atoms with Gasteiger partial charge < -0.3 is 25.4 Å². The van der Waals surface area contributed by atoms with Crippen molar-refractivity contribution < 1.29 is 39.2 Å². The van der Waals surface area contributed by atoms with Crippen LogP contribution >= 0.6 is 27.3 Å². The predicted octanol–water partition coefficient (Wildman–Crippen LogP) is 2.36. The van der Waals surface area contributed by atoms with Gasteiger partial charge in [0.2, 0.25) is 0 Å². The third-order valence-electron chi connectivity index (χ3n) is 2.94. The minimum Gasteiger partial charge on any atom is -0.479 e. The van der Waals surface area contributed by atoms with Crippen molar-refractivity contribution in [1.29, 1.82) is 0 Å². The Morgan fingerprint density at radius 3 is 2.19 bits per heavy atom. The number of carboxylic acid groups (broad SMARTS) is 3. The average molecular weight is 444 g/mol. The zero-order chi connectivity index (χ0) is 19.4. The Morgan fingerprint density at radius 1 is 1.08 bits per heavy atom. The van der Waals surface area contributed by atoms with E-state index in [1.165, 1.54) is 12.1 Å². The lowest BCUT2D eigenvalue weighted by Crippen LogP contribution is -2.21. The van der Waals surface area contributed by atoms with Gasteiger partial charge in [-0.15, -0.1) is 11.3 Å². The molecule has 0 saturated heterocycles. The smallest absolute Gasteiger partial charge is 0.394 e. The zero-order valence-electron chi connectivity index (χ0n) is 12.7. The second-order valence-corrected chi connectivity index (χ2v) is 6.54. The van der Waals surface area contributed by atoms with Gasteiger partial charge in [-0.25, -0.2) is 14.4 Å². The van der Waals surface area contributed by atoms with Crippen molar-refractivity contribution in [3.63, 3.8) is 0 Å². The monoisotopic (exact) mass is 443 g/mol. The predicted molar refractivity (Wildman–Crippen MR) is 93.8 cm³/mol. The highest BCUT2D eigenvalue weighted by atomic mass is 79.9. The molecule has 0 saturated carbocycles. The Morgan fingerprint density at radius 2 is 1.69 bits per heavy atom. The van der Waals surface area contributed by atoms with Crippen LogP contribution in [0.15, 0.2) is 28.7 Å². The van der Waals surface area contributed by atoms with E-state index < -0.39 is 30.4 Å². The molecule has 9 nitrogen and oxygen atoms in total. The fraction of sp³-hybridized carbons (Fsp3) is 0.0667. The Kier molecular flexibility index (Phi) is 5.95. The van der Waals surface area contributed by atoms with Crippen LogP contribution in [0, 0.1) is 0 Å². The van der Waals surface area contributed by atoms with Gasteiger partial charge in [-0.2, -0.15) is 0 Å². The molecule has 0 radical (unpaired) electrons. The highest BCUT2D eigenvalue weighted by Gasteiger charge is 2.24. The maximum Gasteiger partial charge on any atom is 0.394 e. The first-order valence-corrected chi connectivity index (χ1v) is 8.36. The van der Waals surface area contributed by atoms with Crippen LogP contribution in [-0.2, 0) is 14.4 Å². The van der Waals surface area contributed by atoms with Crippen molar-refractivity contribution in [3.8, 4) is 16.2 Å². The fourth-order valence-electron chi connectivity index (χ4n) is 1.87. The molecule has 1 aromatic heterocycles. The van der Waals surface area contributed by atoms with Crippen LogP contribution < -0.4 is 10.1 Å². The standard InChI is InChI=1S/C15H10BrNO8S/c16-9-10(25-5-8(18)19)12(14(21)22)26-11(9)6-1-3-7(4-2-6)17-13(20)15(23)24/h1-4H,5H2,(H,17,20)(H,18,19)(H,21,22)(H,23,24). The van der Waals surface area contributed by atoms with E-state index in [2.05, 4.69) is 21.2 Å². The van der Waals surface area contributed by atoms with E-state index in [0.29, 0.717) is 10.4 Å². The van der Waals surface area contributed by atoms with Crippen LogP contribution in [-0.4, -0.2) is 45.7 Å². The molecular weight excluding hydrogens is 434 g/mol. The van der Waals surface area contributed by atoms with Crippen molar-refractivity contribution in [1.82, 2.24) is 0 Å². The van der Waals surface area contributed by atoms with E-state index in [1.54, 1.807) is 12.1 Å². The number of rotatable bonds is 6. The summed E-state index contributed by atoms with van der Waals surface area (Å²) in [6.45, 7) is -0.699. The number of thiophene rings is 1. The molecule has 1 amide bonds. The second kappa shape index (κ2) is 7.97. The largest absolute Gasteiger partial charge is 0.479 e. The number of carbonyl (C=O) groups is 4. The van der Waals surface area contributed by atoms with Crippen LogP contribution in [0.25, 0.3) is 10.4 Å². The van der Waals surface area contributed by atoms with Gasteiger partial charge in [0.15, 0.2) is 17.2 Å². The topological polar surface area (TPSA) is 150 Å². The average Bonchev–Trinajstić information content (AvgIpc) is 2.90. The lowest BCUT2D eigenvalue weighted by atomic mass is 10.1. The molecule has 0 spiro atoms. The summed E-state index contributed by atoms with van der Waals surface area (Å²) in [4.78, 5) is 44.0. The van der Waals surface area contributed by atoms with Gasteiger partial charge in [0, 0.05) is 5.69 Å². The fourth-order valence-corrected chi connectivity index (χ4v) is 3.77. The molecule has 1 aromatic carbocycles. The van der Waals surface area contributed by atoms with Crippen LogP contribution in [0.4, 0.5) is 5.69 Å². The van der Waals surface area contributed by atoms with Crippen LogP contribution in [0.5, 0.6) is 5.75 Å². The lowest BCUT2D eigenvalue weighted by Gasteiger charge is -2.05. The molecule has 0 unspecified atom stereocenters. The normalized spacial score (nSPS) is 10.2. The summed E-state index contributed by atoms with van der Waals surface area (Å²) in [5.41, 5.74) is 0.803. The minimum atomic E-state index is -1.62. The molecule has 0 atom stereocenters. The first-order chi connectivity index (χ1) is 12.2. The van der Waals surface area contributed by atoms with Crippen molar-refractivity contribution in [2.75, 3.05) is 11.9 Å². The van der Waals surface area contributed by atoms with E-state index in [9.17, 15) is 24.3 Å². The first kappa shape index (κ1) is 19.4. The Bertz CT molecular complexity index is 890. The van der Waals surface area contributed by atoms with Crippen molar-refractivity contribution >= 4 is 56.8 Å². The summed E-state index contributed by atoms with van der Waals surface area (Å²) < 4.78 is 5.34. The number of hydrogen-bond acceptors (Lipinski definition) is 6. The summed E-state index contributed by atoms with van der Waals surface area (Å²) in [7, 11) is 0. The maximum absolute atomic E-state index is 11.4. The molecule has 2 aromatic rings. The molecular formula is C15H10BrNO8S. The maximum atomic E-state index is 11.4. The van der Waals surface area contributed by atoms with E-state index in [1.807, 2.05) is 0 Å². The molecule has 4 N–H and O–H groups in total. The summed E-state index contributed by atoms with van der Waals surface area (Å²) in [5.74, 6) is -5.43. The van der Waals surface area contributed by atoms with Crippen molar-refractivity contribution in [3.05, 3.63) is 33.6 Å². The third kappa shape index (κ3) is 4.37. The molecule has 0 aliphatic heterocycles. The lowest BCUT2D eigenvalue weighted by molar-refractivity contribution is -0.147. The third-order valence-corrected chi connectivity index (χ3v) is 5.17. The van der Waals surface area contributed by atoms with Crippen LogP contribution in [0.1, 0.15) is 9.67 Å². The number of amides is 1. The quantitative estimate of drug-likeness (QED) is 0.496. The van der Waals surface area contributed by atoms with E-state index in [4.69, 9.17) is 14.9 Å². The van der Waals surface area contributed by atoms with Gasteiger partial charge in [0.05, 0.1) is 9.35 Å². The van der Waals surface area contributed by atoms with Gasteiger partial charge in [-0.05, 0) is 33.6 Å². The van der Waals surface area contributed by atoms with Gasteiger partial charge in [0.1, 0.15) is 0 Å². The molecule has 0 fully saturated rings. The van der Waals surface area contributed by atoms with Gasteiger partial charge in [-0.3, -0.25) is 4.79 Å². The van der Waals surface area contributed by atoms with E-state index in [-0.39, 0.29) is 20.8 Å². The number of halogens is 1. The van der Waals surface area contributed by atoms with Crippen molar-refractivity contribution in [2.24, 2.45) is 0 Å². The molecule has 1 heterocycles. The number of carbonyl (C=O) groups excluding carboxylic acids is 1. The zero-order valence-corrected chi connectivity index (χ0v) is 15.1. The molecule has 2 rings (SSSR count). The summed E-state index contributed by atoms with van der Waals surface area (Å²) in [6, 6.07) is 5.97. The van der Waals surface area contributed by atoms with Gasteiger partial charge in [0.25, 0.3) is 0 Å². The number of hydrogen-bond donors (Lipinski definition) is 4. The Hall–Kier alpha value is -2.92. The number of ether oxygens (including phenoxy) is 1. The summed E-state index contributed by atoms with van der Waals surface area (Å²) in [5, 5.41) is 28.7. The Labute approximate surface area is 158 Å². The molecule has 136 valence electrons. The second-order valence-electron chi connectivity index (χ2n) is 4.73. The number of benzene rings is 1. The number of aliphatic carboxylic acids is 2. The SMILES string of the molecule is O=C(O)COc1c(C(=O)O)sc(-c2ccc(NC(=O)C(=O)O)cc2)c1Br. The number of aromatic carboxylic acids is 1. The summed E-state index contributed by atoms with van der Waals surface area (Å²) >= 11 is 4.09.